The van der Waals surface area contributed by atoms with Crippen LogP contribution in [0.5, 0.6) is 0 Å². The molecule has 4 heteroatoms. The summed E-state index contributed by atoms with van der Waals surface area (Å²) in [7, 11) is 0. The molecule has 0 spiro atoms. The van der Waals surface area contributed by atoms with E-state index in [-0.39, 0.29) is 18.1 Å². The van der Waals surface area contributed by atoms with Crippen LogP contribution in [-0.4, -0.2) is 53.6 Å². The van der Waals surface area contributed by atoms with Gasteiger partial charge in [-0.3, -0.25) is 10.1 Å². The summed E-state index contributed by atoms with van der Waals surface area (Å²) in [6.45, 7) is 11.9. The van der Waals surface area contributed by atoms with Crippen LogP contribution in [0.3, 0.4) is 0 Å². The Balaban J connectivity index is 1.94. The number of likely N-dealkylation sites (tertiary alicyclic amines) is 1. The van der Waals surface area contributed by atoms with E-state index in [4.69, 9.17) is 0 Å². The second kappa shape index (κ2) is 6.23. The predicted octanol–water partition coefficient (Wildman–Crippen LogP) is 1.66. The number of nitrogens with zero attached hydrogens (tertiary/aromatic N) is 2. The number of hydrogen-bond donors (Lipinski definition) is 1. The zero-order valence-electron chi connectivity index (χ0n) is 12.9. The molecule has 0 aromatic rings. The summed E-state index contributed by atoms with van der Waals surface area (Å²) in [5.74, 6) is 0.647. The van der Waals surface area contributed by atoms with Crippen LogP contribution in [0.15, 0.2) is 0 Å². The molecule has 2 fully saturated rings. The first-order valence-electron chi connectivity index (χ1n) is 7.81. The van der Waals surface area contributed by atoms with Crippen molar-refractivity contribution in [3.63, 3.8) is 0 Å². The predicted molar refractivity (Wildman–Crippen MR) is 77.8 cm³/mol. The fourth-order valence-electron chi connectivity index (χ4n) is 3.44. The number of rotatable bonds is 4. The topological polar surface area (TPSA) is 35.6 Å². The fraction of sp³-hybridized carbons (Fsp3) is 0.933. The van der Waals surface area contributed by atoms with Crippen molar-refractivity contribution in [2.24, 2.45) is 5.92 Å². The highest BCUT2D eigenvalue weighted by Gasteiger charge is 2.40. The van der Waals surface area contributed by atoms with Crippen molar-refractivity contribution >= 4 is 5.91 Å². The van der Waals surface area contributed by atoms with Gasteiger partial charge in [-0.2, -0.15) is 0 Å². The number of amides is 1. The molecule has 0 bridgehead atoms. The SMILES string of the molecule is CC(C)C1NC(C)N(C(C)CN2CCCCC2)C1=O. The summed E-state index contributed by atoms with van der Waals surface area (Å²) in [5, 5.41) is 3.43. The normalized spacial score (nSPS) is 31.2. The maximum absolute atomic E-state index is 12.5. The van der Waals surface area contributed by atoms with Crippen molar-refractivity contribution < 1.29 is 4.79 Å². The molecule has 0 aliphatic carbocycles. The van der Waals surface area contributed by atoms with Crippen LogP contribution in [0.2, 0.25) is 0 Å². The average molecular weight is 267 g/mol. The van der Waals surface area contributed by atoms with E-state index in [9.17, 15) is 4.79 Å². The summed E-state index contributed by atoms with van der Waals surface area (Å²) in [6, 6.07) is 0.302. The lowest BCUT2D eigenvalue weighted by Crippen LogP contribution is -2.48. The summed E-state index contributed by atoms with van der Waals surface area (Å²) in [4.78, 5) is 17.1. The highest BCUT2D eigenvalue weighted by molar-refractivity contribution is 5.84. The molecule has 1 N–H and O–H groups in total. The summed E-state index contributed by atoms with van der Waals surface area (Å²) < 4.78 is 0. The van der Waals surface area contributed by atoms with Gasteiger partial charge in [0.1, 0.15) is 0 Å². The molecule has 2 aliphatic rings. The number of piperidine rings is 1. The zero-order valence-corrected chi connectivity index (χ0v) is 12.9. The highest BCUT2D eigenvalue weighted by Crippen LogP contribution is 2.20. The van der Waals surface area contributed by atoms with Crippen LogP contribution in [0, 0.1) is 5.92 Å². The molecule has 3 unspecified atom stereocenters. The van der Waals surface area contributed by atoms with Crippen LogP contribution in [-0.2, 0) is 4.79 Å². The van der Waals surface area contributed by atoms with E-state index < -0.39 is 0 Å². The summed E-state index contributed by atoms with van der Waals surface area (Å²) in [6.07, 6.45) is 4.15. The van der Waals surface area contributed by atoms with Gasteiger partial charge in [0.15, 0.2) is 0 Å². The van der Waals surface area contributed by atoms with Crippen molar-refractivity contribution in [1.82, 2.24) is 15.1 Å². The second-order valence-corrected chi connectivity index (χ2v) is 6.52. The molecule has 3 atom stereocenters. The van der Waals surface area contributed by atoms with Gasteiger partial charge in [-0.1, -0.05) is 20.3 Å². The molecule has 0 aromatic carbocycles. The molecule has 0 aromatic heterocycles. The van der Waals surface area contributed by atoms with E-state index in [0.29, 0.717) is 12.0 Å². The van der Waals surface area contributed by atoms with Crippen molar-refractivity contribution in [2.45, 2.75) is 65.2 Å². The van der Waals surface area contributed by atoms with Crippen molar-refractivity contribution in [3.8, 4) is 0 Å². The smallest absolute Gasteiger partial charge is 0.241 e. The summed E-state index contributed by atoms with van der Waals surface area (Å²) in [5.41, 5.74) is 0. The van der Waals surface area contributed by atoms with E-state index in [1.807, 2.05) is 0 Å². The molecule has 2 aliphatic heterocycles. The number of nitrogens with one attached hydrogen (secondary N) is 1. The Morgan fingerprint density at radius 1 is 1.21 bits per heavy atom. The lowest BCUT2D eigenvalue weighted by atomic mass is 10.0. The van der Waals surface area contributed by atoms with Gasteiger partial charge in [0.25, 0.3) is 0 Å². The molecule has 0 radical (unpaired) electrons. The van der Waals surface area contributed by atoms with E-state index in [2.05, 4.69) is 42.8 Å². The van der Waals surface area contributed by atoms with Gasteiger partial charge < -0.3 is 9.80 Å². The molecule has 19 heavy (non-hydrogen) atoms. The average Bonchev–Trinajstić information content (AvgIpc) is 2.66. The van der Waals surface area contributed by atoms with Gasteiger partial charge in [0.05, 0.1) is 12.2 Å². The molecular weight excluding hydrogens is 238 g/mol. The molecule has 2 rings (SSSR count). The van der Waals surface area contributed by atoms with E-state index in [1.54, 1.807) is 0 Å². The van der Waals surface area contributed by atoms with Crippen LogP contribution in [0.4, 0.5) is 0 Å². The fourth-order valence-corrected chi connectivity index (χ4v) is 3.44. The Labute approximate surface area is 117 Å². The van der Waals surface area contributed by atoms with Gasteiger partial charge in [-0.05, 0) is 45.7 Å². The van der Waals surface area contributed by atoms with Gasteiger partial charge in [-0.25, -0.2) is 0 Å². The largest absolute Gasteiger partial charge is 0.322 e. The van der Waals surface area contributed by atoms with E-state index in [0.717, 1.165) is 6.54 Å². The summed E-state index contributed by atoms with van der Waals surface area (Å²) >= 11 is 0. The molecule has 110 valence electrons. The first kappa shape index (κ1) is 14.8. The monoisotopic (exact) mass is 267 g/mol. The first-order chi connectivity index (χ1) is 9.00. The molecule has 2 heterocycles. The van der Waals surface area contributed by atoms with Gasteiger partial charge in [0, 0.05) is 12.6 Å². The lowest BCUT2D eigenvalue weighted by molar-refractivity contribution is -0.132. The molecule has 4 nitrogen and oxygen atoms in total. The molecular formula is C15H29N3O. The van der Waals surface area contributed by atoms with Crippen LogP contribution < -0.4 is 5.32 Å². The Bertz CT molecular complexity index is 313. The molecule has 0 saturated carbocycles. The number of hydrogen-bond acceptors (Lipinski definition) is 3. The van der Waals surface area contributed by atoms with Crippen molar-refractivity contribution in [3.05, 3.63) is 0 Å². The first-order valence-corrected chi connectivity index (χ1v) is 7.81. The Kier molecular flexibility index (Phi) is 4.85. The van der Waals surface area contributed by atoms with Crippen molar-refractivity contribution in [2.75, 3.05) is 19.6 Å². The standard InChI is InChI=1S/C15H29N3O/c1-11(2)14-15(19)18(13(4)16-14)12(3)10-17-8-6-5-7-9-17/h11-14,16H,5-10H2,1-4H3. The second-order valence-electron chi connectivity index (χ2n) is 6.52. The van der Waals surface area contributed by atoms with Crippen molar-refractivity contribution in [1.29, 1.82) is 0 Å². The minimum absolute atomic E-state index is 0.00111. The third kappa shape index (κ3) is 3.29. The highest BCUT2D eigenvalue weighted by atomic mass is 16.2. The van der Waals surface area contributed by atoms with Crippen LogP contribution in [0.25, 0.3) is 0 Å². The minimum Gasteiger partial charge on any atom is -0.322 e. The zero-order chi connectivity index (χ0) is 14.0. The van der Waals surface area contributed by atoms with E-state index >= 15 is 0 Å². The quantitative estimate of drug-likeness (QED) is 0.841. The maximum atomic E-state index is 12.5. The van der Waals surface area contributed by atoms with Crippen LogP contribution in [0.1, 0.15) is 47.0 Å². The molecule has 1 amide bonds. The minimum atomic E-state index is -0.00111. The van der Waals surface area contributed by atoms with Gasteiger partial charge >= 0.3 is 0 Å². The molecule has 2 saturated heterocycles. The Morgan fingerprint density at radius 2 is 1.84 bits per heavy atom. The van der Waals surface area contributed by atoms with Crippen LogP contribution >= 0.6 is 0 Å². The number of carbonyl (C=O) groups excluding carboxylic acids is 1. The van der Waals surface area contributed by atoms with Gasteiger partial charge in [-0.15, -0.1) is 0 Å². The maximum Gasteiger partial charge on any atom is 0.241 e. The number of carbonyl (C=O) groups is 1. The Morgan fingerprint density at radius 3 is 2.37 bits per heavy atom. The third-order valence-electron chi connectivity index (χ3n) is 4.47. The Hall–Kier alpha value is -0.610. The van der Waals surface area contributed by atoms with E-state index in [1.165, 1.54) is 32.4 Å². The lowest BCUT2D eigenvalue weighted by Gasteiger charge is -2.34. The van der Waals surface area contributed by atoms with Gasteiger partial charge in [0.2, 0.25) is 5.91 Å². The third-order valence-corrected chi connectivity index (χ3v) is 4.47.